The van der Waals surface area contributed by atoms with Gasteiger partial charge in [0.25, 0.3) is 0 Å². The molecule has 6 aromatic rings. The van der Waals surface area contributed by atoms with E-state index in [1.54, 1.807) is 0 Å². The Hall–Kier alpha value is -4.90. The number of aliphatic imine (C=N–C) groups is 2. The second-order valence-corrected chi connectivity index (χ2v) is 16.0. The number of fused-ring (bicyclic) bond motifs is 5. The van der Waals surface area contributed by atoms with Crippen LogP contribution in [0.4, 0.5) is 11.4 Å². The summed E-state index contributed by atoms with van der Waals surface area (Å²) in [6.45, 7) is 22.2. The maximum atomic E-state index is 6.68. The van der Waals surface area contributed by atoms with E-state index in [1.165, 1.54) is 21.9 Å². The molecular weight excluding hydrogens is 601 g/mol. The minimum absolute atomic E-state index is 0.120. The topological polar surface area (TPSA) is 44.3 Å². The Morgan fingerprint density at radius 3 is 1.49 bits per heavy atom. The average Bonchev–Trinajstić information content (AvgIpc) is 3.55. The molecule has 1 aromatic heterocycles. The number of hydrogen-bond donors (Lipinski definition) is 0. The van der Waals surface area contributed by atoms with Gasteiger partial charge in [0.05, 0.1) is 22.2 Å². The molecule has 2 aliphatic heterocycles. The van der Waals surface area contributed by atoms with Crippen molar-refractivity contribution in [3.05, 3.63) is 97.1 Å². The molecule has 0 radical (unpaired) electrons. The van der Waals surface area contributed by atoms with Crippen LogP contribution in [0.2, 0.25) is 0 Å². The molecule has 0 saturated carbocycles. The number of rotatable bonds is 4. The summed E-state index contributed by atoms with van der Waals surface area (Å²) in [7, 11) is 0. The predicted octanol–water partition coefficient (Wildman–Crippen LogP) is 11.7. The number of hydrogen-bond acceptors (Lipinski definition) is 5. The molecule has 0 saturated heterocycles. The third-order valence-corrected chi connectivity index (χ3v) is 12.0. The van der Waals surface area contributed by atoms with E-state index in [1.807, 2.05) is 0 Å². The van der Waals surface area contributed by atoms with Crippen molar-refractivity contribution < 1.29 is 4.42 Å². The number of anilines is 2. The highest BCUT2D eigenvalue weighted by atomic mass is 16.3. The van der Waals surface area contributed by atoms with Crippen molar-refractivity contribution in [2.45, 2.75) is 91.4 Å². The first-order valence-electron chi connectivity index (χ1n) is 17.4. The van der Waals surface area contributed by atoms with Gasteiger partial charge in [-0.15, -0.1) is 0 Å². The zero-order valence-electron chi connectivity index (χ0n) is 30.4. The quantitative estimate of drug-likeness (QED) is 0.191. The Bertz CT molecular complexity index is 2350. The summed E-state index contributed by atoms with van der Waals surface area (Å²) in [5.74, 6) is 2.11. The van der Waals surface area contributed by atoms with Crippen LogP contribution >= 0.6 is 0 Å². The lowest BCUT2D eigenvalue weighted by Gasteiger charge is -2.41. The van der Waals surface area contributed by atoms with E-state index in [0.717, 1.165) is 56.1 Å². The van der Waals surface area contributed by atoms with Crippen LogP contribution in [0.3, 0.4) is 0 Å². The van der Waals surface area contributed by atoms with Gasteiger partial charge in [0.15, 0.2) is 0 Å². The van der Waals surface area contributed by atoms with E-state index in [4.69, 9.17) is 14.4 Å². The van der Waals surface area contributed by atoms with Crippen LogP contribution in [0.15, 0.2) is 111 Å². The first-order chi connectivity index (χ1) is 23.1. The molecule has 0 spiro atoms. The van der Waals surface area contributed by atoms with Crippen molar-refractivity contribution in [1.82, 2.24) is 0 Å². The van der Waals surface area contributed by atoms with E-state index in [-0.39, 0.29) is 22.2 Å². The van der Waals surface area contributed by atoms with E-state index in [0.29, 0.717) is 0 Å². The van der Waals surface area contributed by atoms with E-state index in [2.05, 4.69) is 176 Å². The highest BCUT2D eigenvalue weighted by Crippen LogP contribution is 2.45. The number of benzene rings is 5. The average molecular weight is 647 g/mol. The van der Waals surface area contributed by atoms with Gasteiger partial charge >= 0.3 is 0 Å². The SMILES string of the molecule is CC1=NC(C)(C)C(C)(C)N1c1ccc(-c2ccc3c(c2)oc2cc(-c4ccc(N5C(C)=NC(C)(C)C5(C)C)cc4)c4ccccc4c23)cc1. The summed E-state index contributed by atoms with van der Waals surface area (Å²) in [5.41, 5.74) is 8.17. The van der Waals surface area contributed by atoms with Crippen molar-refractivity contribution in [3.8, 4) is 22.3 Å². The lowest BCUT2D eigenvalue weighted by molar-refractivity contribution is 0.338. The third kappa shape index (κ3) is 4.51. The van der Waals surface area contributed by atoms with E-state index >= 15 is 0 Å². The third-order valence-electron chi connectivity index (χ3n) is 12.0. The van der Waals surface area contributed by atoms with Gasteiger partial charge in [-0.3, -0.25) is 9.98 Å². The first kappa shape index (κ1) is 31.4. The molecule has 0 unspecified atom stereocenters. The standard InChI is InChI=1S/C44H46N4O/c1-27-45-41(3,4)43(7,8)47(27)32-20-15-29(16-21-32)31-19-24-36-38(25-31)49-39-26-37(34-13-11-12-14-35(34)40(36)39)30-17-22-33(23-18-30)48-28(2)46-42(5,6)44(48,9)10/h11-26H,1-10H3. The monoisotopic (exact) mass is 646 g/mol. The molecule has 8 rings (SSSR count). The normalized spacial score (nSPS) is 19.2. The van der Waals surface area contributed by atoms with Gasteiger partial charge in [0.2, 0.25) is 0 Å². The van der Waals surface area contributed by atoms with Crippen LogP contribution in [-0.2, 0) is 0 Å². The maximum absolute atomic E-state index is 6.68. The molecule has 248 valence electrons. The van der Waals surface area contributed by atoms with Gasteiger partial charge in [-0.1, -0.05) is 54.6 Å². The minimum atomic E-state index is -0.168. The summed E-state index contributed by atoms with van der Waals surface area (Å²) < 4.78 is 6.68. The summed E-state index contributed by atoms with van der Waals surface area (Å²) in [5, 5.41) is 4.72. The second kappa shape index (κ2) is 10.3. The van der Waals surface area contributed by atoms with Gasteiger partial charge in [0.1, 0.15) is 22.8 Å². The molecule has 0 bridgehead atoms. The molecule has 5 aromatic carbocycles. The van der Waals surface area contributed by atoms with Crippen molar-refractivity contribution in [3.63, 3.8) is 0 Å². The molecule has 5 nitrogen and oxygen atoms in total. The van der Waals surface area contributed by atoms with Crippen molar-refractivity contribution in [1.29, 1.82) is 0 Å². The largest absolute Gasteiger partial charge is 0.456 e. The van der Waals surface area contributed by atoms with Crippen molar-refractivity contribution in [2.24, 2.45) is 9.98 Å². The number of nitrogens with zero attached hydrogens (tertiary/aromatic N) is 4. The lowest BCUT2D eigenvalue weighted by atomic mass is 9.83. The first-order valence-corrected chi connectivity index (χ1v) is 17.4. The van der Waals surface area contributed by atoms with Gasteiger partial charge in [-0.2, -0.15) is 0 Å². The molecule has 0 atom stereocenters. The van der Waals surface area contributed by atoms with Crippen molar-refractivity contribution >= 4 is 55.8 Å². The van der Waals surface area contributed by atoms with E-state index in [9.17, 15) is 0 Å². The Morgan fingerprint density at radius 2 is 0.980 bits per heavy atom. The summed E-state index contributed by atoms with van der Waals surface area (Å²) >= 11 is 0. The maximum Gasteiger partial charge on any atom is 0.136 e. The van der Waals surface area contributed by atoms with Crippen molar-refractivity contribution in [2.75, 3.05) is 9.80 Å². The molecule has 5 heteroatoms. The summed E-state index contributed by atoms with van der Waals surface area (Å²) in [6.07, 6.45) is 0. The molecule has 3 heterocycles. The van der Waals surface area contributed by atoms with Gasteiger partial charge in [-0.05, 0) is 145 Å². The summed E-state index contributed by atoms with van der Waals surface area (Å²) in [6, 6.07) is 35.3. The Morgan fingerprint density at radius 1 is 0.490 bits per heavy atom. The lowest BCUT2D eigenvalue weighted by Crippen LogP contribution is -2.52. The van der Waals surface area contributed by atoms with E-state index < -0.39 is 0 Å². The zero-order chi connectivity index (χ0) is 34.7. The molecule has 0 aliphatic carbocycles. The summed E-state index contributed by atoms with van der Waals surface area (Å²) in [4.78, 5) is 14.7. The molecule has 49 heavy (non-hydrogen) atoms. The highest BCUT2D eigenvalue weighted by Gasteiger charge is 2.49. The number of furan rings is 1. The van der Waals surface area contributed by atoms with Crippen LogP contribution in [0.1, 0.15) is 69.2 Å². The molecule has 0 N–H and O–H groups in total. The predicted molar refractivity (Wildman–Crippen MR) is 210 cm³/mol. The van der Waals surface area contributed by atoms with Gasteiger partial charge in [0, 0.05) is 22.1 Å². The van der Waals surface area contributed by atoms with Crippen LogP contribution in [0.25, 0.3) is 55.0 Å². The Labute approximate surface area is 290 Å². The molecule has 0 fully saturated rings. The minimum Gasteiger partial charge on any atom is -0.456 e. The zero-order valence-corrected chi connectivity index (χ0v) is 30.4. The second-order valence-electron chi connectivity index (χ2n) is 16.0. The number of amidine groups is 2. The molecule has 2 aliphatic rings. The fraction of sp³-hybridized carbons (Fsp3) is 0.318. The van der Waals surface area contributed by atoms with Crippen LogP contribution in [0, 0.1) is 0 Å². The highest BCUT2D eigenvalue weighted by molar-refractivity contribution is 6.22. The fourth-order valence-electron chi connectivity index (χ4n) is 8.21. The smallest absolute Gasteiger partial charge is 0.136 e. The van der Waals surface area contributed by atoms with Gasteiger partial charge < -0.3 is 14.2 Å². The van der Waals surface area contributed by atoms with Crippen LogP contribution < -0.4 is 9.80 Å². The Balaban J connectivity index is 1.17. The molecule has 0 amide bonds. The van der Waals surface area contributed by atoms with Crippen LogP contribution in [0.5, 0.6) is 0 Å². The molecular formula is C44H46N4O. The van der Waals surface area contributed by atoms with Gasteiger partial charge in [-0.25, -0.2) is 0 Å². The fourth-order valence-corrected chi connectivity index (χ4v) is 8.21. The Kier molecular flexibility index (Phi) is 6.60. The van der Waals surface area contributed by atoms with Crippen LogP contribution in [-0.4, -0.2) is 33.8 Å².